The fraction of sp³-hybridized carbons (Fsp3) is 0.100. The molecule has 0 bridgehead atoms. The summed E-state index contributed by atoms with van der Waals surface area (Å²) in [5.41, 5.74) is 2.77. The molecule has 1 heterocycles. The Labute approximate surface area is 89.9 Å². The lowest BCUT2D eigenvalue weighted by molar-refractivity contribution is 0.472. The van der Waals surface area contributed by atoms with Gasteiger partial charge in [0.1, 0.15) is 5.75 Å². The van der Waals surface area contributed by atoms with Gasteiger partial charge in [-0.25, -0.2) is 4.98 Å². The number of nitrogens with zero attached hydrogens (tertiary/aromatic N) is 1. The molecule has 1 aromatic carbocycles. The van der Waals surface area contributed by atoms with Crippen molar-refractivity contribution in [2.24, 2.45) is 0 Å². The van der Waals surface area contributed by atoms with Gasteiger partial charge in [-0.3, -0.25) is 0 Å². The van der Waals surface area contributed by atoms with Crippen molar-refractivity contribution < 1.29 is 5.11 Å². The van der Waals surface area contributed by atoms with E-state index in [9.17, 15) is 5.11 Å². The number of hydrogen-bond donors (Lipinski definition) is 2. The summed E-state index contributed by atoms with van der Waals surface area (Å²) >= 11 is 3.23. The van der Waals surface area contributed by atoms with Gasteiger partial charge in [0, 0.05) is 11.3 Å². The van der Waals surface area contributed by atoms with E-state index in [1.807, 2.05) is 13.0 Å². The fourth-order valence-electron chi connectivity index (χ4n) is 1.31. The quantitative estimate of drug-likeness (QED) is 0.820. The van der Waals surface area contributed by atoms with Crippen LogP contribution in [-0.4, -0.2) is 15.1 Å². The largest absolute Gasteiger partial charge is 0.507 e. The summed E-state index contributed by atoms with van der Waals surface area (Å²) in [6, 6.07) is 5.40. The van der Waals surface area contributed by atoms with Gasteiger partial charge in [0.15, 0.2) is 0 Å². The van der Waals surface area contributed by atoms with Gasteiger partial charge in [-0.1, -0.05) is 6.07 Å². The molecule has 0 aliphatic heterocycles. The third-order valence-electron chi connectivity index (χ3n) is 2.05. The predicted molar refractivity (Wildman–Crippen MR) is 58.1 cm³/mol. The average Bonchev–Trinajstić information content (AvgIpc) is 2.57. The van der Waals surface area contributed by atoms with Crippen molar-refractivity contribution >= 4 is 15.9 Å². The molecule has 0 amide bonds. The predicted octanol–water partition coefficient (Wildman–Crippen LogP) is 2.85. The summed E-state index contributed by atoms with van der Waals surface area (Å²) in [6.45, 7) is 1.95. The van der Waals surface area contributed by atoms with Gasteiger partial charge < -0.3 is 10.1 Å². The number of halogens is 1. The van der Waals surface area contributed by atoms with E-state index in [1.165, 1.54) is 0 Å². The summed E-state index contributed by atoms with van der Waals surface area (Å²) in [7, 11) is 0. The second-order valence-corrected chi connectivity index (χ2v) is 3.90. The first-order chi connectivity index (χ1) is 6.68. The Kier molecular flexibility index (Phi) is 2.29. The minimum Gasteiger partial charge on any atom is -0.507 e. The van der Waals surface area contributed by atoms with Crippen LogP contribution in [0.5, 0.6) is 5.75 Å². The second-order valence-electron chi connectivity index (χ2n) is 3.04. The maximum atomic E-state index is 9.50. The SMILES string of the molecule is Cc1[nH]cnc1-c1ccc(Br)c(O)c1. The molecule has 14 heavy (non-hydrogen) atoms. The maximum absolute atomic E-state index is 9.50. The number of hydrogen-bond acceptors (Lipinski definition) is 2. The number of nitrogens with one attached hydrogen (secondary N) is 1. The van der Waals surface area contributed by atoms with Gasteiger partial charge in [0.05, 0.1) is 16.5 Å². The van der Waals surface area contributed by atoms with E-state index in [0.717, 1.165) is 17.0 Å². The Bertz CT molecular complexity index is 465. The van der Waals surface area contributed by atoms with Crippen LogP contribution < -0.4 is 0 Å². The van der Waals surface area contributed by atoms with Crippen molar-refractivity contribution in [3.05, 3.63) is 34.7 Å². The zero-order valence-corrected chi connectivity index (χ0v) is 9.17. The van der Waals surface area contributed by atoms with Crippen LogP contribution in [0.1, 0.15) is 5.69 Å². The lowest BCUT2D eigenvalue weighted by atomic mass is 10.1. The third kappa shape index (κ3) is 1.53. The normalized spacial score (nSPS) is 10.4. The van der Waals surface area contributed by atoms with Crippen LogP contribution in [0, 0.1) is 6.92 Å². The summed E-state index contributed by atoms with van der Waals surface area (Å²) in [4.78, 5) is 7.17. The standard InChI is InChI=1S/C10H9BrN2O/c1-6-10(13-5-12-6)7-2-3-8(11)9(14)4-7/h2-5,14H,1H3,(H,12,13). The molecular formula is C10H9BrN2O. The topological polar surface area (TPSA) is 48.9 Å². The van der Waals surface area contributed by atoms with Crippen molar-refractivity contribution in [1.29, 1.82) is 0 Å². The number of aromatic nitrogens is 2. The van der Waals surface area contributed by atoms with Gasteiger partial charge >= 0.3 is 0 Å². The first kappa shape index (κ1) is 9.27. The van der Waals surface area contributed by atoms with Gasteiger partial charge in [-0.05, 0) is 35.0 Å². The summed E-state index contributed by atoms with van der Waals surface area (Å²) in [5.74, 6) is 0.227. The van der Waals surface area contributed by atoms with Crippen LogP contribution in [0.4, 0.5) is 0 Å². The highest BCUT2D eigenvalue weighted by Crippen LogP contribution is 2.29. The smallest absolute Gasteiger partial charge is 0.130 e. The molecule has 2 rings (SSSR count). The molecule has 4 heteroatoms. The monoisotopic (exact) mass is 252 g/mol. The number of phenolic OH excluding ortho intramolecular Hbond substituents is 1. The van der Waals surface area contributed by atoms with E-state index < -0.39 is 0 Å². The Morgan fingerprint density at radius 2 is 2.21 bits per heavy atom. The van der Waals surface area contributed by atoms with Gasteiger partial charge in [-0.15, -0.1) is 0 Å². The number of aromatic amines is 1. The fourth-order valence-corrected chi connectivity index (χ4v) is 1.56. The van der Waals surface area contributed by atoms with Crippen LogP contribution in [0.25, 0.3) is 11.3 Å². The van der Waals surface area contributed by atoms with E-state index in [1.54, 1.807) is 18.5 Å². The Morgan fingerprint density at radius 3 is 2.79 bits per heavy atom. The van der Waals surface area contributed by atoms with E-state index in [2.05, 4.69) is 25.9 Å². The van der Waals surface area contributed by atoms with Crippen LogP contribution in [0.3, 0.4) is 0 Å². The number of imidazole rings is 1. The molecule has 0 atom stereocenters. The molecule has 0 unspecified atom stereocenters. The van der Waals surface area contributed by atoms with Crippen molar-refractivity contribution in [2.45, 2.75) is 6.92 Å². The van der Waals surface area contributed by atoms with Crippen LogP contribution in [0.2, 0.25) is 0 Å². The second kappa shape index (κ2) is 3.46. The Hall–Kier alpha value is -1.29. The molecule has 0 saturated carbocycles. The molecule has 0 fully saturated rings. The number of phenols is 1. The first-order valence-corrected chi connectivity index (χ1v) is 4.96. The van der Waals surface area contributed by atoms with E-state index in [-0.39, 0.29) is 5.75 Å². The van der Waals surface area contributed by atoms with Crippen molar-refractivity contribution in [3.8, 4) is 17.0 Å². The molecular weight excluding hydrogens is 244 g/mol. The van der Waals surface area contributed by atoms with Crippen LogP contribution in [-0.2, 0) is 0 Å². The highest BCUT2D eigenvalue weighted by molar-refractivity contribution is 9.10. The van der Waals surface area contributed by atoms with Crippen molar-refractivity contribution in [2.75, 3.05) is 0 Å². The first-order valence-electron chi connectivity index (χ1n) is 4.17. The molecule has 1 aromatic heterocycles. The Morgan fingerprint density at radius 1 is 1.43 bits per heavy atom. The van der Waals surface area contributed by atoms with Gasteiger partial charge in [-0.2, -0.15) is 0 Å². The lowest BCUT2D eigenvalue weighted by Crippen LogP contribution is -1.81. The number of rotatable bonds is 1. The molecule has 0 saturated heterocycles. The number of benzene rings is 1. The molecule has 72 valence electrons. The van der Waals surface area contributed by atoms with Crippen molar-refractivity contribution in [3.63, 3.8) is 0 Å². The minimum atomic E-state index is 0.227. The highest BCUT2D eigenvalue weighted by atomic mass is 79.9. The van der Waals surface area contributed by atoms with Crippen LogP contribution in [0.15, 0.2) is 29.0 Å². The third-order valence-corrected chi connectivity index (χ3v) is 2.72. The van der Waals surface area contributed by atoms with Crippen LogP contribution >= 0.6 is 15.9 Å². The molecule has 3 nitrogen and oxygen atoms in total. The summed E-state index contributed by atoms with van der Waals surface area (Å²) in [6.07, 6.45) is 1.64. The molecule has 0 aliphatic carbocycles. The number of aryl methyl sites for hydroxylation is 1. The molecule has 2 N–H and O–H groups in total. The van der Waals surface area contributed by atoms with E-state index in [0.29, 0.717) is 4.47 Å². The zero-order chi connectivity index (χ0) is 10.1. The molecule has 0 spiro atoms. The minimum absolute atomic E-state index is 0.227. The number of aromatic hydroxyl groups is 1. The van der Waals surface area contributed by atoms with E-state index in [4.69, 9.17) is 0 Å². The van der Waals surface area contributed by atoms with Crippen molar-refractivity contribution in [1.82, 2.24) is 9.97 Å². The average molecular weight is 253 g/mol. The van der Waals surface area contributed by atoms with E-state index >= 15 is 0 Å². The molecule has 0 radical (unpaired) electrons. The van der Waals surface area contributed by atoms with Gasteiger partial charge in [0.25, 0.3) is 0 Å². The maximum Gasteiger partial charge on any atom is 0.130 e. The lowest BCUT2D eigenvalue weighted by Gasteiger charge is -2.01. The highest BCUT2D eigenvalue weighted by Gasteiger charge is 2.06. The summed E-state index contributed by atoms with van der Waals surface area (Å²) in [5, 5.41) is 9.50. The summed E-state index contributed by atoms with van der Waals surface area (Å²) < 4.78 is 0.689. The number of H-pyrrole nitrogens is 1. The Balaban J connectivity index is 2.53. The molecule has 0 aliphatic rings. The zero-order valence-electron chi connectivity index (χ0n) is 7.58. The van der Waals surface area contributed by atoms with Gasteiger partial charge in [0.2, 0.25) is 0 Å². The molecule has 2 aromatic rings.